The van der Waals surface area contributed by atoms with Crippen molar-refractivity contribution in [3.05, 3.63) is 75.1 Å². The number of alkyl halides is 2. The summed E-state index contributed by atoms with van der Waals surface area (Å²) in [7, 11) is 0. The Hall–Kier alpha value is -2.78. The van der Waals surface area contributed by atoms with Crippen LogP contribution in [0.1, 0.15) is 53.6 Å². The van der Waals surface area contributed by atoms with Gasteiger partial charge in [0, 0.05) is 24.2 Å². The molecule has 1 N–H and O–H groups in total. The summed E-state index contributed by atoms with van der Waals surface area (Å²) < 4.78 is 37.0. The molecule has 1 saturated carbocycles. The van der Waals surface area contributed by atoms with Gasteiger partial charge >= 0.3 is 6.61 Å². The Balaban J connectivity index is 1.72. The van der Waals surface area contributed by atoms with E-state index in [4.69, 9.17) is 4.74 Å². The van der Waals surface area contributed by atoms with E-state index in [2.05, 4.69) is 9.72 Å². The molecule has 2 aromatic heterocycles. The molecule has 1 atom stereocenters. The Morgan fingerprint density at radius 3 is 2.53 bits per heavy atom. The van der Waals surface area contributed by atoms with Crippen LogP contribution in [0.25, 0.3) is 0 Å². The average Bonchev–Trinajstić information content (AvgIpc) is 3.39. The van der Waals surface area contributed by atoms with Crippen LogP contribution in [0.2, 0.25) is 0 Å². The van der Waals surface area contributed by atoms with Crippen molar-refractivity contribution in [1.29, 1.82) is 0 Å². The van der Waals surface area contributed by atoms with Crippen LogP contribution in [0.5, 0.6) is 11.5 Å². The average molecular weight is 463 g/mol. The normalized spacial score (nSPS) is 15.1. The number of thiazole rings is 1. The number of aromatic nitrogens is 2. The first kappa shape index (κ1) is 22.4. The number of aliphatic hydroxyl groups is 1. The number of hydrogen-bond acceptors (Lipinski definition) is 6. The van der Waals surface area contributed by atoms with Gasteiger partial charge in [0.1, 0.15) is 5.01 Å². The molecule has 4 rings (SSSR count). The van der Waals surface area contributed by atoms with E-state index in [9.17, 15) is 19.1 Å². The zero-order valence-corrected chi connectivity index (χ0v) is 18.5. The van der Waals surface area contributed by atoms with Gasteiger partial charge in [-0.2, -0.15) is 13.5 Å². The quantitative estimate of drug-likeness (QED) is 0.374. The number of nitrogens with zero attached hydrogens (tertiary/aromatic N) is 2. The van der Waals surface area contributed by atoms with Crippen molar-refractivity contribution in [3.63, 3.8) is 0 Å². The Morgan fingerprint density at radius 1 is 1.22 bits per heavy atom. The molecule has 32 heavy (non-hydrogen) atoms. The van der Waals surface area contributed by atoms with Crippen molar-refractivity contribution in [2.75, 3.05) is 0 Å². The predicted octanol–water partition coefficient (Wildman–Crippen LogP) is 4.52. The summed E-state index contributed by atoms with van der Waals surface area (Å²) in [5.41, 5.74) is 0.703. The lowest BCUT2D eigenvalue weighted by Crippen LogP contribution is -2.24. The highest BCUT2D eigenvalue weighted by Gasteiger charge is 2.28. The standard InChI is InChI=1S/C23H24F2N2O4S/c1-23(2,28)20-13-26-21(32-20)17(11-14-7-9-27(29)10-8-14)15-3-6-18(31-22(24)25)19(12-15)30-16-4-5-16/h3,6-10,12-13,16-17,22,28H,4-5,11H2,1-2H3. The summed E-state index contributed by atoms with van der Waals surface area (Å²) >= 11 is 1.39. The fourth-order valence-electron chi connectivity index (χ4n) is 3.29. The van der Waals surface area contributed by atoms with Gasteiger partial charge in [0.05, 0.1) is 16.6 Å². The van der Waals surface area contributed by atoms with Crippen molar-refractivity contribution in [2.24, 2.45) is 0 Å². The van der Waals surface area contributed by atoms with E-state index < -0.39 is 12.2 Å². The number of pyridine rings is 1. The second kappa shape index (κ2) is 8.99. The van der Waals surface area contributed by atoms with Crippen molar-refractivity contribution in [2.45, 2.75) is 57.3 Å². The summed E-state index contributed by atoms with van der Waals surface area (Å²) in [5, 5.41) is 22.6. The van der Waals surface area contributed by atoms with Crippen LogP contribution in [0.15, 0.2) is 48.9 Å². The van der Waals surface area contributed by atoms with E-state index in [1.807, 2.05) is 0 Å². The van der Waals surface area contributed by atoms with Gasteiger partial charge in [0.2, 0.25) is 0 Å². The summed E-state index contributed by atoms with van der Waals surface area (Å²) in [6, 6.07) is 8.42. The summed E-state index contributed by atoms with van der Waals surface area (Å²) in [4.78, 5) is 5.26. The second-order valence-corrected chi connectivity index (χ2v) is 9.41. The SMILES string of the molecule is CC(C)(O)c1cnc(C(Cc2cc[n+]([O-])cc2)c2ccc(OC(F)F)c(OC3CC3)c2)s1. The molecule has 170 valence electrons. The number of benzene rings is 1. The molecule has 6 nitrogen and oxygen atoms in total. The Kier molecular flexibility index (Phi) is 6.30. The van der Waals surface area contributed by atoms with E-state index in [1.165, 1.54) is 29.8 Å². The van der Waals surface area contributed by atoms with Crippen molar-refractivity contribution in [3.8, 4) is 11.5 Å². The first-order valence-electron chi connectivity index (χ1n) is 10.3. The van der Waals surface area contributed by atoms with Crippen molar-refractivity contribution >= 4 is 11.3 Å². The van der Waals surface area contributed by atoms with E-state index in [0.717, 1.165) is 33.9 Å². The Labute approximate surface area is 188 Å². The monoisotopic (exact) mass is 462 g/mol. The molecular weight excluding hydrogens is 438 g/mol. The van der Waals surface area contributed by atoms with Crippen LogP contribution >= 0.6 is 11.3 Å². The number of hydrogen-bond donors (Lipinski definition) is 1. The van der Waals surface area contributed by atoms with Gasteiger partial charge in [-0.3, -0.25) is 0 Å². The van der Waals surface area contributed by atoms with Crippen LogP contribution in [0.4, 0.5) is 8.78 Å². The van der Waals surface area contributed by atoms with Crippen LogP contribution in [-0.4, -0.2) is 22.8 Å². The zero-order valence-electron chi connectivity index (χ0n) is 17.7. The second-order valence-electron chi connectivity index (χ2n) is 8.35. The highest BCUT2D eigenvalue weighted by Crippen LogP contribution is 2.40. The van der Waals surface area contributed by atoms with Gasteiger partial charge in [-0.05, 0) is 56.4 Å². The molecule has 1 fully saturated rings. The van der Waals surface area contributed by atoms with Crippen LogP contribution in [0.3, 0.4) is 0 Å². The maximum atomic E-state index is 12.9. The molecule has 1 unspecified atom stereocenters. The molecular formula is C23H24F2N2O4S. The van der Waals surface area contributed by atoms with Crippen LogP contribution < -0.4 is 14.2 Å². The first-order valence-corrected chi connectivity index (χ1v) is 11.1. The Bertz CT molecular complexity index is 1060. The molecule has 2 heterocycles. The zero-order chi connectivity index (χ0) is 22.9. The largest absolute Gasteiger partial charge is 0.619 e. The third-order valence-corrected chi connectivity index (χ3v) is 6.56. The molecule has 0 radical (unpaired) electrons. The van der Waals surface area contributed by atoms with Crippen molar-refractivity contribution < 1.29 is 28.1 Å². The molecule has 0 bridgehead atoms. The van der Waals surface area contributed by atoms with Gasteiger partial charge in [-0.15, -0.1) is 11.3 Å². The topological polar surface area (TPSA) is 78.5 Å². The molecule has 1 aliphatic carbocycles. The third-order valence-electron chi connectivity index (χ3n) is 5.14. The smallest absolute Gasteiger partial charge is 0.387 e. The maximum Gasteiger partial charge on any atom is 0.387 e. The summed E-state index contributed by atoms with van der Waals surface area (Å²) in [6.07, 6.45) is 6.80. The molecule has 3 aromatic rings. The molecule has 9 heteroatoms. The van der Waals surface area contributed by atoms with Gasteiger partial charge in [0.15, 0.2) is 23.9 Å². The predicted molar refractivity (Wildman–Crippen MR) is 115 cm³/mol. The highest BCUT2D eigenvalue weighted by molar-refractivity contribution is 7.11. The van der Waals surface area contributed by atoms with Gasteiger partial charge in [-0.1, -0.05) is 6.07 Å². The third kappa shape index (κ3) is 5.52. The molecule has 0 aliphatic heterocycles. The lowest BCUT2D eigenvalue weighted by atomic mass is 9.92. The number of rotatable bonds is 9. The van der Waals surface area contributed by atoms with Crippen molar-refractivity contribution in [1.82, 2.24) is 4.98 Å². The lowest BCUT2D eigenvalue weighted by Gasteiger charge is -2.19. The minimum absolute atomic E-state index is 0.00201. The molecule has 1 aromatic carbocycles. The number of halogens is 2. The van der Waals surface area contributed by atoms with E-state index >= 15 is 0 Å². The highest BCUT2D eigenvalue weighted by atomic mass is 32.1. The van der Waals surface area contributed by atoms with E-state index in [-0.39, 0.29) is 23.5 Å². The molecule has 0 spiro atoms. The molecule has 0 saturated heterocycles. The van der Waals surface area contributed by atoms with Crippen LogP contribution in [0, 0.1) is 5.21 Å². The summed E-state index contributed by atoms with van der Waals surface area (Å²) in [6.45, 7) is 0.443. The van der Waals surface area contributed by atoms with E-state index in [1.54, 1.807) is 44.3 Å². The molecule has 1 aliphatic rings. The van der Waals surface area contributed by atoms with Gasteiger partial charge < -0.3 is 19.8 Å². The van der Waals surface area contributed by atoms with Crippen LogP contribution in [-0.2, 0) is 12.0 Å². The molecule has 0 amide bonds. The maximum absolute atomic E-state index is 12.9. The first-order chi connectivity index (χ1) is 15.2. The lowest BCUT2D eigenvalue weighted by molar-refractivity contribution is -0.605. The number of ether oxygens (including phenoxy) is 2. The minimum Gasteiger partial charge on any atom is -0.619 e. The van der Waals surface area contributed by atoms with Gasteiger partial charge in [0.25, 0.3) is 0 Å². The fraction of sp³-hybridized carbons (Fsp3) is 0.391. The minimum atomic E-state index is -2.95. The van der Waals surface area contributed by atoms with E-state index in [0.29, 0.717) is 11.2 Å². The summed E-state index contributed by atoms with van der Waals surface area (Å²) in [5.74, 6) is 0.0404. The van der Waals surface area contributed by atoms with Gasteiger partial charge in [-0.25, -0.2) is 4.98 Å². The fourth-order valence-corrected chi connectivity index (χ4v) is 4.33. The Morgan fingerprint density at radius 2 is 1.94 bits per heavy atom.